The second-order valence-electron chi connectivity index (χ2n) is 3.52. The summed E-state index contributed by atoms with van der Waals surface area (Å²) in [6, 6.07) is 1.87. The number of hydrogen-bond acceptors (Lipinski definition) is 6. The highest BCUT2D eigenvalue weighted by Gasteiger charge is 2.31. The fourth-order valence-electron chi connectivity index (χ4n) is 1.26. The maximum absolute atomic E-state index is 12.7. The van der Waals surface area contributed by atoms with Crippen molar-refractivity contribution in [3.63, 3.8) is 0 Å². The lowest BCUT2D eigenvalue weighted by molar-refractivity contribution is -0.137. The molecule has 9 heteroatoms. The summed E-state index contributed by atoms with van der Waals surface area (Å²) < 4.78 is 43.2. The Morgan fingerprint density at radius 3 is 2.53 bits per heavy atom. The number of hydrogen-bond donors (Lipinski definition) is 1. The second-order valence-corrected chi connectivity index (χ2v) is 4.49. The molecule has 2 heterocycles. The van der Waals surface area contributed by atoms with Crippen molar-refractivity contribution >= 4 is 17.6 Å². The quantitative estimate of drug-likeness (QED) is 0.937. The van der Waals surface area contributed by atoms with Gasteiger partial charge in [-0.2, -0.15) is 13.2 Å². The molecule has 0 saturated carbocycles. The lowest BCUT2D eigenvalue weighted by Crippen LogP contribution is -2.07. The Hall–Kier alpha value is -1.77. The van der Waals surface area contributed by atoms with Gasteiger partial charge in [0.15, 0.2) is 0 Å². The molecule has 102 valence electrons. The molecule has 0 saturated heterocycles. The monoisotopic (exact) mass is 290 g/mol. The van der Waals surface area contributed by atoms with Crippen LogP contribution >= 0.6 is 11.8 Å². The number of nitrogens with one attached hydrogen (secondary N) is 1. The van der Waals surface area contributed by atoms with Gasteiger partial charge in [-0.05, 0) is 23.9 Å². The van der Waals surface area contributed by atoms with Gasteiger partial charge in [0, 0.05) is 14.0 Å². The summed E-state index contributed by atoms with van der Waals surface area (Å²) in [4.78, 5) is 3.99. The molecule has 0 unspecified atom stereocenters. The smallest absolute Gasteiger partial charge is 0.416 e. The van der Waals surface area contributed by atoms with E-state index in [4.69, 9.17) is 4.42 Å². The van der Waals surface area contributed by atoms with Crippen LogP contribution in [0.2, 0.25) is 0 Å². The zero-order valence-electron chi connectivity index (χ0n) is 9.95. The predicted octanol–water partition coefficient (Wildman–Crippen LogP) is 2.98. The summed E-state index contributed by atoms with van der Waals surface area (Å²) in [5.74, 6) is 0.455. The first kappa shape index (κ1) is 13.7. The summed E-state index contributed by atoms with van der Waals surface area (Å²) in [5.41, 5.74) is -0.786. The van der Waals surface area contributed by atoms with Gasteiger partial charge >= 0.3 is 6.18 Å². The average Bonchev–Trinajstić information content (AvgIpc) is 2.73. The molecule has 0 atom stereocenters. The highest BCUT2D eigenvalue weighted by molar-refractivity contribution is 7.99. The van der Waals surface area contributed by atoms with Crippen LogP contribution in [0.15, 0.2) is 26.8 Å². The van der Waals surface area contributed by atoms with Crippen molar-refractivity contribution in [2.45, 2.75) is 23.3 Å². The lowest BCUT2D eigenvalue weighted by Gasteiger charge is -2.09. The molecule has 0 aromatic carbocycles. The summed E-state index contributed by atoms with van der Waals surface area (Å²) in [7, 11) is 1.49. The van der Waals surface area contributed by atoms with Crippen LogP contribution in [0.3, 0.4) is 0 Å². The van der Waals surface area contributed by atoms with E-state index in [0.717, 1.165) is 23.9 Å². The molecule has 0 aliphatic heterocycles. The first-order valence-corrected chi connectivity index (χ1v) is 5.95. The van der Waals surface area contributed by atoms with Crippen LogP contribution in [0.4, 0.5) is 19.0 Å². The van der Waals surface area contributed by atoms with Gasteiger partial charge in [-0.25, -0.2) is 4.98 Å². The standard InChI is InChI=1S/C10H9F3N4OS/c1-5-16-17-9(18-5)19-8-4-6(10(11,12)13)3-7(14-2)15-8/h3-4H,1-2H3,(H,14,15). The molecule has 2 rings (SSSR count). The van der Waals surface area contributed by atoms with Crippen LogP contribution in [0.1, 0.15) is 11.5 Å². The van der Waals surface area contributed by atoms with Crippen LogP contribution in [-0.2, 0) is 6.18 Å². The number of halogens is 3. The van der Waals surface area contributed by atoms with E-state index in [1.807, 2.05) is 0 Å². The van der Waals surface area contributed by atoms with Crippen LogP contribution < -0.4 is 5.32 Å². The van der Waals surface area contributed by atoms with Crippen molar-refractivity contribution < 1.29 is 17.6 Å². The van der Waals surface area contributed by atoms with Gasteiger partial charge in [0.2, 0.25) is 5.89 Å². The van der Waals surface area contributed by atoms with Crippen LogP contribution in [0.25, 0.3) is 0 Å². The van der Waals surface area contributed by atoms with E-state index in [1.165, 1.54) is 7.05 Å². The third-order valence-corrected chi connectivity index (χ3v) is 2.84. The number of rotatable bonds is 3. The molecule has 2 aromatic heterocycles. The molecule has 0 radical (unpaired) electrons. The second kappa shape index (κ2) is 5.08. The molecule has 0 amide bonds. The highest BCUT2D eigenvalue weighted by atomic mass is 32.2. The molecule has 0 fully saturated rings. The molecule has 0 aliphatic carbocycles. The minimum atomic E-state index is -4.44. The van der Waals surface area contributed by atoms with Crippen molar-refractivity contribution in [2.24, 2.45) is 0 Å². The van der Waals surface area contributed by atoms with E-state index in [-0.39, 0.29) is 16.1 Å². The number of anilines is 1. The molecule has 1 N–H and O–H groups in total. The van der Waals surface area contributed by atoms with Gasteiger partial charge in [0.25, 0.3) is 5.22 Å². The van der Waals surface area contributed by atoms with E-state index in [0.29, 0.717) is 5.89 Å². The lowest BCUT2D eigenvalue weighted by atomic mass is 10.2. The number of alkyl halides is 3. The van der Waals surface area contributed by atoms with Crippen LogP contribution in [-0.4, -0.2) is 22.2 Å². The first-order valence-electron chi connectivity index (χ1n) is 5.13. The van der Waals surface area contributed by atoms with Gasteiger partial charge in [-0.3, -0.25) is 0 Å². The third kappa shape index (κ3) is 3.37. The van der Waals surface area contributed by atoms with E-state index in [1.54, 1.807) is 6.92 Å². The first-order chi connectivity index (χ1) is 8.88. The minimum absolute atomic E-state index is 0.119. The van der Waals surface area contributed by atoms with Crippen molar-refractivity contribution in [3.8, 4) is 0 Å². The Morgan fingerprint density at radius 1 is 1.26 bits per heavy atom. The topological polar surface area (TPSA) is 63.8 Å². The van der Waals surface area contributed by atoms with E-state index >= 15 is 0 Å². The highest BCUT2D eigenvalue weighted by Crippen LogP contribution is 2.34. The van der Waals surface area contributed by atoms with Gasteiger partial charge in [0.05, 0.1) is 5.56 Å². The largest absolute Gasteiger partial charge is 0.416 e. The minimum Gasteiger partial charge on any atom is -0.416 e. The molecule has 2 aromatic rings. The molecule has 0 bridgehead atoms. The Bertz CT molecular complexity index is 584. The third-order valence-electron chi connectivity index (χ3n) is 2.08. The van der Waals surface area contributed by atoms with E-state index < -0.39 is 11.7 Å². The molecule has 19 heavy (non-hydrogen) atoms. The number of pyridine rings is 1. The zero-order chi connectivity index (χ0) is 14.0. The van der Waals surface area contributed by atoms with Gasteiger partial charge < -0.3 is 9.73 Å². The molecular formula is C10H9F3N4OS. The van der Waals surface area contributed by atoms with E-state index in [2.05, 4.69) is 20.5 Å². The number of aryl methyl sites for hydroxylation is 1. The molecule has 5 nitrogen and oxygen atoms in total. The fraction of sp³-hybridized carbons (Fsp3) is 0.300. The summed E-state index contributed by atoms with van der Waals surface area (Å²) in [6.45, 7) is 1.59. The average molecular weight is 290 g/mol. The molecule has 0 spiro atoms. The predicted molar refractivity (Wildman–Crippen MR) is 61.9 cm³/mol. The molecule has 0 aliphatic rings. The van der Waals surface area contributed by atoms with Gasteiger partial charge in [-0.15, -0.1) is 10.2 Å². The number of nitrogens with zero attached hydrogens (tertiary/aromatic N) is 3. The summed E-state index contributed by atoms with van der Waals surface area (Å²) >= 11 is 0.877. The Labute approximate surface area is 110 Å². The normalized spacial score (nSPS) is 11.6. The maximum atomic E-state index is 12.7. The maximum Gasteiger partial charge on any atom is 0.416 e. The Balaban J connectivity index is 2.34. The summed E-state index contributed by atoms with van der Waals surface area (Å²) in [5, 5.41) is 10.1. The van der Waals surface area contributed by atoms with Gasteiger partial charge in [-0.1, -0.05) is 0 Å². The van der Waals surface area contributed by atoms with Crippen molar-refractivity contribution in [3.05, 3.63) is 23.6 Å². The van der Waals surface area contributed by atoms with Crippen molar-refractivity contribution in [1.29, 1.82) is 0 Å². The Kier molecular flexibility index (Phi) is 3.65. The van der Waals surface area contributed by atoms with E-state index in [9.17, 15) is 13.2 Å². The van der Waals surface area contributed by atoms with Gasteiger partial charge in [0.1, 0.15) is 10.8 Å². The van der Waals surface area contributed by atoms with Crippen LogP contribution in [0, 0.1) is 6.92 Å². The Morgan fingerprint density at radius 2 is 2.00 bits per heavy atom. The summed E-state index contributed by atoms with van der Waals surface area (Å²) in [6.07, 6.45) is -4.44. The molecular weight excluding hydrogens is 281 g/mol. The number of aromatic nitrogens is 3. The SMILES string of the molecule is CNc1cc(C(F)(F)F)cc(Sc2nnc(C)o2)n1. The zero-order valence-corrected chi connectivity index (χ0v) is 10.8. The van der Waals surface area contributed by atoms with Crippen LogP contribution in [0.5, 0.6) is 0 Å². The fourth-order valence-corrected chi connectivity index (χ4v) is 2.01. The van der Waals surface area contributed by atoms with Crippen molar-refractivity contribution in [2.75, 3.05) is 12.4 Å². The van der Waals surface area contributed by atoms with Crippen molar-refractivity contribution in [1.82, 2.24) is 15.2 Å².